The van der Waals surface area contributed by atoms with Crippen molar-refractivity contribution in [3.8, 4) is 5.75 Å². The first-order valence-electron chi connectivity index (χ1n) is 6.06. The van der Waals surface area contributed by atoms with Crippen LogP contribution in [-0.2, 0) is 6.54 Å². The van der Waals surface area contributed by atoms with E-state index in [4.69, 9.17) is 0 Å². The second-order valence-electron chi connectivity index (χ2n) is 5.65. The number of hydrogen-bond acceptors (Lipinski definition) is 2. The van der Waals surface area contributed by atoms with Crippen LogP contribution >= 0.6 is 0 Å². The van der Waals surface area contributed by atoms with Crippen molar-refractivity contribution in [3.63, 3.8) is 0 Å². The lowest BCUT2D eigenvalue weighted by Crippen LogP contribution is -2.26. The Morgan fingerprint density at radius 2 is 2.25 bits per heavy atom. The predicted octanol–water partition coefficient (Wildman–Crippen LogP) is 3.06. The Balaban J connectivity index is 1.84. The Kier molecular flexibility index (Phi) is 3.20. The van der Waals surface area contributed by atoms with Crippen molar-refractivity contribution in [1.82, 2.24) is 5.32 Å². The van der Waals surface area contributed by atoms with E-state index in [2.05, 4.69) is 19.2 Å². The quantitative estimate of drug-likeness (QED) is 0.819. The molecule has 0 amide bonds. The summed E-state index contributed by atoms with van der Waals surface area (Å²) in [6.07, 6.45) is 3.84. The number of rotatable bonds is 3. The molecule has 0 radical (unpaired) electrons. The van der Waals surface area contributed by atoms with Crippen LogP contribution in [-0.4, -0.2) is 11.1 Å². The normalized spacial score (nSPS) is 23.5. The molecule has 1 aromatic carbocycles. The van der Waals surface area contributed by atoms with E-state index >= 15 is 0 Å². The lowest BCUT2D eigenvalue weighted by atomic mass is 9.92. The molecule has 0 aromatic heterocycles. The molecule has 16 heavy (non-hydrogen) atoms. The van der Waals surface area contributed by atoms with Crippen LogP contribution in [0.3, 0.4) is 0 Å². The molecule has 2 heteroatoms. The summed E-state index contributed by atoms with van der Waals surface area (Å²) in [5.41, 5.74) is 1.65. The van der Waals surface area contributed by atoms with Gasteiger partial charge in [-0.1, -0.05) is 26.0 Å². The minimum absolute atomic E-state index is 0.353. The van der Waals surface area contributed by atoms with Gasteiger partial charge < -0.3 is 10.4 Å². The Morgan fingerprint density at radius 1 is 1.44 bits per heavy atom. The van der Waals surface area contributed by atoms with Gasteiger partial charge in [-0.05, 0) is 42.4 Å². The average Bonchev–Trinajstić information content (AvgIpc) is 2.56. The molecule has 2 N–H and O–H groups in total. The molecule has 0 saturated heterocycles. The van der Waals surface area contributed by atoms with Gasteiger partial charge >= 0.3 is 0 Å². The third-order valence-electron chi connectivity index (χ3n) is 3.47. The van der Waals surface area contributed by atoms with Gasteiger partial charge in [-0.3, -0.25) is 0 Å². The number of hydrogen-bond donors (Lipinski definition) is 2. The third kappa shape index (κ3) is 2.99. The summed E-state index contributed by atoms with van der Waals surface area (Å²) < 4.78 is 0. The molecule has 1 atom stereocenters. The second-order valence-corrected chi connectivity index (χ2v) is 5.65. The summed E-state index contributed by atoms with van der Waals surface area (Å²) in [7, 11) is 0. The van der Waals surface area contributed by atoms with Gasteiger partial charge in [0.25, 0.3) is 0 Å². The van der Waals surface area contributed by atoms with Crippen LogP contribution in [0.1, 0.15) is 38.7 Å². The topological polar surface area (TPSA) is 32.3 Å². The van der Waals surface area contributed by atoms with E-state index in [9.17, 15) is 5.11 Å². The van der Waals surface area contributed by atoms with Gasteiger partial charge in [0.1, 0.15) is 5.75 Å². The van der Waals surface area contributed by atoms with Crippen molar-refractivity contribution in [1.29, 1.82) is 0 Å². The van der Waals surface area contributed by atoms with Crippen LogP contribution in [0.4, 0.5) is 0 Å². The molecule has 0 bridgehead atoms. The number of aromatic hydroxyl groups is 1. The van der Waals surface area contributed by atoms with Crippen molar-refractivity contribution < 1.29 is 5.11 Å². The molecular weight excluding hydrogens is 198 g/mol. The SMILES string of the molecule is CC1(C)CCC(NCc2cccc(O)c2)C1. The van der Waals surface area contributed by atoms with Crippen LogP contribution in [0.2, 0.25) is 0 Å². The predicted molar refractivity (Wildman–Crippen MR) is 66.4 cm³/mol. The van der Waals surface area contributed by atoms with Crippen molar-refractivity contribution in [3.05, 3.63) is 29.8 Å². The maximum absolute atomic E-state index is 9.36. The molecule has 0 aliphatic heterocycles. The first-order valence-corrected chi connectivity index (χ1v) is 6.06. The zero-order valence-corrected chi connectivity index (χ0v) is 10.2. The Morgan fingerprint density at radius 3 is 2.88 bits per heavy atom. The molecule has 0 heterocycles. The Labute approximate surface area is 97.7 Å². The third-order valence-corrected chi connectivity index (χ3v) is 3.47. The molecule has 1 aliphatic rings. The molecule has 0 spiro atoms. The van der Waals surface area contributed by atoms with Crippen LogP contribution < -0.4 is 5.32 Å². The second kappa shape index (κ2) is 4.46. The van der Waals surface area contributed by atoms with Gasteiger partial charge in [-0.2, -0.15) is 0 Å². The maximum Gasteiger partial charge on any atom is 0.115 e. The van der Waals surface area contributed by atoms with Crippen LogP contribution in [0.25, 0.3) is 0 Å². The number of phenols is 1. The summed E-state index contributed by atoms with van der Waals surface area (Å²) in [6.45, 7) is 5.53. The molecule has 2 nitrogen and oxygen atoms in total. The van der Waals surface area contributed by atoms with Crippen LogP contribution in [0, 0.1) is 5.41 Å². The molecule has 88 valence electrons. The van der Waals surface area contributed by atoms with Gasteiger partial charge in [0.15, 0.2) is 0 Å². The lowest BCUT2D eigenvalue weighted by molar-refractivity contribution is 0.364. The van der Waals surface area contributed by atoms with Crippen molar-refractivity contribution in [2.45, 2.75) is 45.7 Å². The fraction of sp³-hybridized carbons (Fsp3) is 0.571. The maximum atomic E-state index is 9.36. The molecule has 1 aliphatic carbocycles. The smallest absolute Gasteiger partial charge is 0.115 e. The van der Waals surface area contributed by atoms with Gasteiger partial charge in [0.2, 0.25) is 0 Å². The summed E-state index contributed by atoms with van der Waals surface area (Å²) >= 11 is 0. The zero-order valence-electron chi connectivity index (χ0n) is 10.2. The van der Waals surface area contributed by atoms with E-state index in [0.717, 1.165) is 12.1 Å². The van der Waals surface area contributed by atoms with Crippen LogP contribution in [0.5, 0.6) is 5.75 Å². The highest BCUT2D eigenvalue weighted by Crippen LogP contribution is 2.36. The molecule has 1 aromatic rings. The Hall–Kier alpha value is -1.02. The van der Waals surface area contributed by atoms with E-state index in [1.54, 1.807) is 6.07 Å². The lowest BCUT2D eigenvalue weighted by Gasteiger charge is -2.18. The minimum Gasteiger partial charge on any atom is -0.508 e. The van der Waals surface area contributed by atoms with E-state index in [0.29, 0.717) is 17.2 Å². The first-order chi connectivity index (χ1) is 7.55. The van der Waals surface area contributed by atoms with E-state index < -0.39 is 0 Å². The summed E-state index contributed by atoms with van der Waals surface area (Å²) in [5, 5.41) is 12.9. The van der Waals surface area contributed by atoms with E-state index in [1.165, 1.54) is 19.3 Å². The summed E-state index contributed by atoms with van der Waals surface area (Å²) in [5.74, 6) is 0.353. The van der Waals surface area contributed by atoms with Gasteiger partial charge in [0, 0.05) is 12.6 Å². The highest BCUT2D eigenvalue weighted by Gasteiger charge is 2.30. The summed E-state index contributed by atoms with van der Waals surface area (Å²) in [6, 6.07) is 8.12. The number of nitrogens with one attached hydrogen (secondary N) is 1. The highest BCUT2D eigenvalue weighted by molar-refractivity contribution is 5.26. The molecule has 1 unspecified atom stereocenters. The van der Waals surface area contributed by atoms with Crippen LogP contribution in [0.15, 0.2) is 24.3 Å². The van der Waals surface area contributed by atoms with Gasteiger partial charge in [-0.25, -0.2) is 0 Å². The highest BCUT2D eigenvalue weighted by atomic mass is 16.3. The van der Waals surface area contributed by atoms with Crippen molar-refractivity contribution in [2.75, 3.05) is 0 Å². The van der Waals surface area contributed by atoms with Gasteiger partial charge in [-0.15, -0.1) is 0 Å². The van der Waals surface area contributed by atoms with Crippen molar-refractivity contribution in [2.24, 2.45) is 5.41 Å². The standard InChI is InChI=1S/C14H21NO/c1-14(2)7-6-12(9-14)15-10-11-4-3-5-13(16)8-11/h3-5,8,12,15-16H,6-7,9-10H2,1-2H3. The zero-order chi connectivity index (χ0) is 11.6. The number of phenolic OH excluding ortho intramolecular Hbond substituents is 1. The first kappa shape index (κ1) is 11.5. The molecule has 1 fully saturated rings. The molecule has 1 saturated carbocycles. The number of benzene rings is 1. The van der Waals surface area contributed by atoms with Gasteiger partial charge in [0.05, 0.1) is 0 Å². The fourth-order valence-corrected chi connectivity index (χ4v) is 2.54. The monoisotopic (exact) mass is 219 g/mol. The average molecular weight is 219 g/mol. The largest absolute Gasteiger partial charge is 0.508 e. The molecular formula is C14H21NO. The van der Waals surface area contributed by atoms with Crippen molar-refractivity contribution >= 4 is 0 Å². The Bertz CT molecular complexity index is 360. The van der Waals surface area contributed by atoms with E-state index in [-0.39, 0.29) is 0 Å². The minimum atomic E-state index is 0.353. The fourth-order valence-electron chi connectivity index (χ4n) is 2.54. The molecule has 2 rings (SSSR count). The summed E-state index contributed by atoms with van der Waals surface area (Å²) in [4.78, 5) is 0. The van der Waals surface area contributed by atoms with E-state index in [1.807, 2.05) is 18.2 Å².